The van der Waals surface area contributed by atoms with Crippen LogP contribution in [0.2, 0.25) is 0 Å². The zero-order chi connectivity index (χ0) is 15.2. The highest BCUT2D eigenvalue weighted by Gasteiger charge is 2.27. The number of hydrogen-bond acceptors (Lipinski definition) is 5. The van der Waals surface area contributed by atoms with E-state index in [1.165, 1.54) is 0 Å². The van der Waals surface area contributed by atoms with Crippen LogP contribution in [0.5, 0.6) is 11.5 Å². The van der Waals surface area contributed by atoms with Crippen LogP contribution in [-0.4, -0.2) is 43.6 Å². The molecule has 118 valence electrons. The molecule has 21 heavy (non-hydrogen) atoms. The lowest BCUT2D eigenvalue weighted by Gasteiger charge is -2.22. The van der Waals surface area contributed by atoms with Gasteiger partial charge in [-0.1, -0.05) is 6.42 Å². The zero-order valence-electron chi connectivity index (χ0n) is 12.7. The van der Waals surface area contributed by atoms with Crippen molar-refractivity contribution in [1.82, 2.24) is 5.32 Å². The van der Waals surface area contributed by atoms with E-state index in [-0.39, 0.29) is 12.6 Å². The third-order valence-electron chi connectivity index (χ3n) is 4.26. The van der Waals surface area contributed by atoms with Gasteiger partial charge in [0.1, 0.15) is 11.5 Å². The molecule has 3 unspecified atom stereocenters. The summed E-state index contributed by atoms with van der Waals surface area (Å²) in [5, 5.41) is 23.1. The van der Waals surface area contributed by atoms with E-state index in [2.05, 4.69) is 5.32 Å². The molecule has 0 heterocycles. The Balaban J connectivity index is 2.00. The number of benzene rings is 1. The average molecular weight is 295 g/mol. The van der Waals surface area contributed by atoms with Gasteiger partial charge in [0.25, 0.3) is 0 Å². The maximum absolute atomic E-state index is 10.4. The van der Waals surface area contributed by atoms with Gasteiger partial charge in [-0.2, -0.15) is 0 Å². The Bertz CT molecular complexity index is 452. The molecule has 0 bridgehead atoms. The van der Waals surface area contributed by atoms with Crippen molar-refractivity contribution < 1.29 is 19.7 Å². The molecule has 1 aromatic carbocycles. The maximum Gasteiger partial charge on any atom is 0.124 e. The maximum atomic E-state index is 10.4. The van der Waals surface area contributed by atoms with Crippen molar-refractivity contribution in [1.29, 1.82) is 0 Å². The number of aliphatic hydroxyl groups is 2. The summed E-state index contributed by atoms with van der Waals surface area (Å²) in [5.41, 5.74) is 0.711. The summed E-state index contributed by atoms with van der Waals surface area (Å²) in [6.07, 6.45) is 2.55. The quantitative estimate of drug-likeness (QED) is 0.711. The van der Waals surface area contributed by atoms with Crippen LogP contribution in [0.4, 0.5) is 0 Å². The standard InChI is InChI=1S/C16H25NO4/c1-20-12-6-7-16(21-2)13(8-12)15(19)9-17-14-5-3-4-11(14)10-18/h6-8,11,14-15,17-19H,3-5,9-10H2,1-2H3. The third-order valence-corrected chi connectivity index (χ3v) is 4.26. The van der Waals surface area contributed by atoms with Crippen LogP contribution >= 0.6 is 0 Å². The van der Waals surface area contributed by atoms with E-state index in [1.54, 1.807) is 32.4 Å². The molecule has 1 aliphatic carbocycles. The Morgan fingerprint density at radius 3 is 2.76 bits per heavy atom. The number of methoxy groups -OCH3 is 2. The van der Waals surface area contributed by atoms with Gasteiger partial charge in [-0.25, -0.2) is 0 Å². The molecule has 0 radical (unpaired) electrons. The minimum Gasteiger partial charge on any atom is -0.497 e. The van der Waals surface area contributed by atoms with Crippen LogP contribution in [-0.2, 0) is 0 Å². The van der Waals surface area contributed by atoms with Crippen molar-refractivity contribution >= 4 is 0 Å². The number of rotatable bonds is 7. The molecule has 0 aliphatic heterocycles. The van der Waals surface area contributed by atoms with Gasteiger partial charge in [0.15, 0.2) is 0 Å². The molecule has 1 fully saturated rings. The van der Waals surface area contributed by atoms with E-state index in [0.717, 1.165) is 19.3 Å². The molecule has 1 saturated carbocycles. The summed E-state index contributed by atoms with van der Waals surface area (Å²) >= 11 is 0. The average Bonchev–Trinajstić information content (AvgIpc) is 2.99. The van der Waals surface area contributed by atoms with Crippen LogP contribution in [0.15, 0.2) is 18.2 Å². The predicted octanol–water partition coefficient (Wildman–Crippen LogP) is 1.49. The van der Waals surface area contributed by atoms with Crippen LogP contribution in [0, 0.1) is 5.92 Å². The van der Waals surface area contributed by atoms with Gasteiger partial charge in [-0.15, -0.1) is 0 Å². The van der Waals surface area contributed by atoms with Crippen molar-refractivity contribution in [3.63, 3.8) is 0 Å². The molecule has 1 aromatic rings. The third kappa shape index (κ3) is 3.87. The number of nitrogens with one attached hydrogen (secondary N) is 1. The molecule has 5 heteroatoms. The fourth-order valence-corrected chi connectivity index (χ4v) is 3.00. The van der Waals surface area contributed by atoms with Crippen molar-refractivity contribution in [2.75, 3.05) is 27.4 Å². The second kappa shape index (κ2) is 7.64. The largest absolute Gasteiger partial charge is 0.497 e. The van der Waals surface area contributed by atoms with Gasteiger partial charge < -0.3 is 25.0 Å². The second-order valence-corrected chi connectivity index (χ2v) is 5.51. The topological polar surface area (TPSA) is 71.0 Å². The van der Waals surface area contributed by atoms with Gasteiger partial charge in [0.2, 0.25) is 0 Å². The lowest BCUT2D eigenvalue weighted by atomic mass is 10.0. The van der Waals surface area contributed by atoms with Gasteiger partial charge in [0, 0.05) is 24.8 Å². The Labute approximate surface area is 125 Å². The first kappa shape index (κ1) is 16.1. The molecule has 3 atom stereocenters. The second-order valence-electron chi connectivity index (χ2n) is 5.51. The van der Waals surface area contributed by atoms with Crippen molar-refractivity contribution in [3.8, 4) is 11.5 Å². The summed E-state index contributed by atoms with van der Waals surface area (Å²) in [7, 11) is 3.19. The number of aliphatic hydroxyl groups excluding tert-OH is 2. The van der Waals surface area contributed by atoms with Gasteiger partial charge in [-0.05, 0) is 37.0 Å². The lowest BCUT2D eigenvalue weighted by molar-refractivity contribution is 0.152. The summed E-state index contributed by atoms with van der Waals surface area (Å²) in [4.78, 5) is 0. The summed E-state index contributed by atoms with van der Waals surface area (Å²) in [6.45, 7) is 0.640. The highest BCUT2D eigenvalue weighted by atomic mass is 16.5. The van der Waals surface area contributed by atoms with Crippen LogP contribution in [0.1, 0.15) is 30.9 Å². The zero-order valence-corrected chi connectivity index (χ0v) is 12.7. The molecule has 3 N–H and O–H groups in total. The monoisotopic (exact) mass is 295 g/mol. The molecule has 0 amide bonds. The van der Waals surface area contributed by atoms with E-state index in [4.69, 9.17) is 9.47 Å². The van der Waals surface area contributed by atoms with Crippen molar-refractivity contribution in [3.05, 3.63) is 23.8 Å². The van der Waals surface area contributed by atoms with Crippen LogP contribution in [0.3, 0.4) is 0 Å². The van der Waals surface area contributed by atoms with E-state index >= 15 is 0 Å². The Morgan fingerprint density at radius 1 is 1.29 bits per heavy atom. The Morgan fingerprint density at radius 2 is 2.10 bits per heavy atom. The minimum atomic E-state index is -0.671. The van der Waals surface area contributed by atoms with E-state index < -0.39 is 6.10 Å². The van der Waals surface area contributed by atoms with Crippen LogP contribution in [0.25, 0.3) is 0 Å². The summed E-state index contributed by atoms with van der Waals surface area (Å²) in [5.74, 6) is 1.64. The van der Waals surface area contributed by atoms with Crippen molar-refractivity contribution in [2.24, 2.45) is 5.92 Å². The molecular weight excluding hydrogens is 270 g/mol. The molecule has 0 spiro atoms. The first-order valence-corrected chi connectivity index (χ1v) is 7.43. The predicted molar refractivity (Wildman–Crippen MR) is 80.7 cm³/mol. The molecule has 0 saturated heterocycles. The Kier molecular flexibility index (Phi) is 5.85. The highest BCUT2D eigenvalue weighted by molar-refractivity contribution is 5.41. The SMILES string of the molecule is COc1ccc(OC)c(C(O)CNC2CCCC2CO)c1. The molecular formula is C16H25NO4. The number of ether oxygens (including phenoxy) is 2. The molecule has 5 nitrogen and oxygen atoms in total. The molecule has 0 aromatic heterocycles. The van der Waals surface area contributed by atoms with E-state index in [1.807, 2.05) is 0 Å². The van der Waals surface area contributed by atoms with E-state index in [9.17, 15) is 10.2 Å². The first-order chi connectivity index (χ1) is 10.2. The van der Waals surface area contributed by atoms with Crippen molar-refractivity contribution in [2.45, 2.75) is 31.4 Å². The smallest absolute Gasteiger partial charge is 0.124 e. The normalized spacial score (nSPS) is 23.0. The van der Waals surface area contributed by atoms with Crippen LogP contribution < -0.4 is 14.8 Å². The van der Waals surface area contributed by atoms with Gasteiger partial charge in [-0.3, -0.25) is 0 Å². The fourth-order valence-electron chi connectivity index (χ4n) is 3.00. The number of hydrogen-bond donors (Lipinski definition) is 3. The first-order valence-electron chi connectivity index (χ1n) is 7.43. The fraction of sp³-hybridized carbons (Fsp3) is 0.625. The highest BCUT2D eigenvalue weighted by Crippen LogP contribution is 2.30. The molecule has 1 aliphatic rings. The summed E-state index contributed by atoms with van der Waals surface area (Å²) < 4.78 is 10.5. The molecule has 2 rings (SSSR count). The van der Waals surface area contributed by atoms with Gasteiger partial charge >= 0.3 is 0 Å². The Hall–Kier alpha value is -1.30. The van der Waals surface area contributed by atoms with E-state index in [0.29, 0.717) is 29.5 Å². The summed E-state index contributed by atoms with van der Waals surface area (Å²) in [6, 6.07) is 5.68. The lowest BCUT2D eigenvalue weighted by Crippen LogP contribution is -2.36. The minimum absolute atomic E-state index is 0.205. The van der Waals surface area contributed by atoms with Gasteiger partial charge in [0.05, 0.1) is 20.3 Å².